The van der Waals surface area contributed by atoms with Gasteiger partial charge < -0.3 is 19.8 Å². The van der Waals surface area contributed by atoms with Crippen molar-refractivity contribution in [2.75, 3.05) is 11.9 Å². The molecule has 2 aliphatic heterocycles. The van der Waals surface area contributed by atoms with Crippen molar-refractivity contribution >= 4 is 22.6 Å². The van der Waals surface area contributed by atoms with E-state index in [1.54, 1.807) is 31.3 Å². The average molecular weight is 427 g/mol. The first kappa shape index (κ1) is 19.9. The van der Waals surface area contributed by atoms with Gasteiger partial charge in [-0.15, -0.1) is 0 Å². The summed E-state index contributed by atoms with van der Waals surface area (Å²) in [6, 6.07) is 12.9. The van der Waals surface area contributed by atoms with E-state index in [1.165, 1.54) is 4.90 Å². The van der Waals surface area contributed by atoms with Gasteiger partial charge in [-0.1, -0.05) is 44.2 Å². The third kappa shape index (κ3) is 2.19. The van der Waals surface area contributed by atoms with Gasteiger partial charge in [0.2, 0.25) is 11.8 Å². The van der Waals surface area contributed by atoms with Crippen LogP contribution in [0.25, 0.3) is 11.0 Å². The van der Waals surface area contributed by atoms with Gasteiger partial charge in [0.15, 0.2) is 11.2 Å². The number of nitrogens with two attached hydrogens (primary N) is 1. The van der Waals surface area contributed by atoms with E-state index in [2.05, 4.69) is 0 Å². The standard InChI is InChI=1S/C25H21N3O4/c1-12(2)14-10-9-13(3)18-20(14)32-23(29)19-21(18)31-22(27)16(11-26)25(19)15-7-5-6-8-17(15)28(4)24(25)30/h5-10,12H,27H2,1-4H3. The van der Waals surface area contributed by atoms with Crippen LogP contribution >= 0.6 is 0 Å². The van der Waals surface area contributed by atoms with Gasteiger partial charge in [-0.2, -0.15) is 5.26 Å². The van der Waals surface area contributed by atoms with Crippen molar-refractivity contribution in [2.45, 2.75) is 32.1 Å². The number of fused-ring (bicyclic) bond motifs is 6. The average Bonchev–Trinajstić information content (AvgIpc) is 2.96. The minimum atomic E-state index is -1.73. The molecule has 0 saturated heterocycles. The zero-order valence-electron chi connectivity index (χ0n) is 18.1. The lowest BCUT2D eigenvalue weighted by molar-refractivity contribution is -0.120. The van der Waals surface area contributed by atoms with Crippen LogP contribution in [-0.2, 0) is 10.2 Å². The SMILES string of the molecule is Cc1ccc(C(C)C)c2oc(=O)c3c(c12)OC(N)=C(C#N)C31C(=O)N(C)c2ccccc21. The number of hydrogen-bond acceptors (Lipinski definition) is 6. The molecule has 3 aromatic rings. The van der Waals surface area contributed by atoms with E-state index in [-0.39, 0.29) is 28.7 Å². The molecule has 160 valence electrons. The number of benzene rings is 2. The number of anilines is 1. The molecule has 0 bridgehead atoms. The van der Waals surface area contributed by atoms with E-state index < -0.39 is 16.9 Å². The van der Waals surface area contributed by atoms with Crippen LogP contribution in [0, 0.1) is 18.3 Å². The van der Waals surface area contributed by atoms with Crippen molar-refractivity contribution in [1.29, 1.82) is 5.26 Å². The quantitative estimate of drug-likeness (QED) is 0.595. The Labute approximate surface area is 184 Å². The van der Waals surface area contributed by atoms with Gasteiger partial charge in [0.25, 0.3) is 0 Å². The van der Waals surface area contributed by atoms with Gasteiger partial charge in [-0.05, 0) is 30.0 Å². The monoisotopic (exact) mass is 427 g/mol. The van der Waals surface area contributed by atoms with Gasteiger partial charge >= 0.3 is 5.63 Å². The Bertz CT molecular complexity index is 1480. The van der Waals surface area contributed by atoms with Crippen LogP contribution in [0.1, 0.15) is 42.0 Å². The molecule has 0 saturated carbocycles. The van der Waals surface area contributed by atoms with E-state index >= 15 is 0 Å². The van der Waals surface area contributed by atoms with Crippen molar-refractivity contribution in [3.8, 4) is 11.8 Å². The first-order chi connectivity index (χ1) is 15.2. The number of nitrogens with zero attached hydrogens (tertiary/aromatic N) is 2. The number of carbonyl (C=O) groups excluding carboxylic acids is 1. The van der Waals surface area contributed by atoms with E-state index in [0.717, 1.165) is 11.1 Å². The van der Waals surface area contributed by atoms with Gasteiger partial charge in [-0.3, -0.25) is 4.79 Å². The Morgan fingerprint density at radius 1 is 1.16 bits per heavy atom. The predicted octanol–water partition coefficient (Wildman–Crippen LogP) is 3.57. The molecule has 32 heavy (non-hydrogen) atoms. The second-order valence-corrected chi connectivity index (χ2v) is 8.51. The number of hydrogen-bond donors (Lipinski definition) is 1. The maximum atomic E-state index is 13.8. The van der Waals surface area contributed by atoms with Crippen molar-refractivity contribution in [2.24, 2.45) is 5.73 Å². The molecule has 1 amide bonds. The minimum absolute atomic E-state index is 0.0124. The van der Waals surface area contributed by atoms with Gasteiger partial charge in [0, 0.05) is 18.3 Å². The third-order valence-corrected chi connectivity index (χ3v) is 6.49. The number of amides is 1. The molecule has 0 radical (unpaired) electrons. The Morgan fingerprint density at radius 2 is 1.88 bits per heavy atom. The van der Waals surface area contributed by atoms with E-state index in [9.17, 15) is 14.9 Å². The number of rotatable bonds is 1. The fourth-order valence-electron chi connectivity index (χ4n) is 4.98. The summed E-state index contributed by atoms with van der Waals surface area (Å²) in [5.74, 6) is -0.391. The molecule has 2 N–H and O–H groups in total. The molecule has 2 aliphatic rings. The topological polar surface area (TPSA) is 110 Å². The largest absolute Gasteiger partial charge is 0.439 e. The number of ether oxygens (including phenoxy) is 1. The van der Waals surface area contributed by atoms with E-state index in [1.807, 2.05) is 39.0 Å². The summed E-state index contributed by atoms with van der Waals surface area (Å²) >= 11 is 0. The highest BCUT2D eigenvalue weighted by Gasteiger charge is 2.60. The minimum Gasteiger partial charge on any atom is -0.439 e. The van der Waals surface area contributed by atoms with Crippen molar-refractivity contribution in [3.63, 3.8) is 0 Å². The van der Waals surface area contributed by atoms with Crippen molar-refractivity contribution in [1.82, 2.24) is 0 Å². The van der Waals surface area contributed by atoms with Crippen molar-refractivity contribution < 1.29 is 13.9 Å². The fourth-order valence-corrected chi connectivity index (χ4v) is 4.98. The van der Waals surface area contributed by atoms with Gasteiger partial charge in [-0.25, -0.2) is 4.79 Å². The fraction of sp³-hybridized carbons (Fsp3) is 0.240. The van der Waals surface area contributed by atoms with Crippen LogP contribution in [0.3, 0.4) is 0 Å². The Morgan fingerprint density at radius 3 is 2.56 bits per heavy atom. The number of nitriles is 1. The molecule has 7 heteroatoms. The molecular weight excluding hydrogens is 406 g/mol. The molecule has 0 aliphatic carbocycles. The van der Waals surface area contributed by atoms with Crippen molar-refractivity contribution in [3.05, 3.63) is 80.5 Å². The zero-order chi connectivity index (χ0) is 22.9. The molecule has 3 heterocycles. The second-order valence-electron chi connectivity index (χ2n) is 8.51. The first-order valence-corrected chi connectivity index (χ1v) is 10.3. The molecular formula is C25H21N3O4. The highest BCUT2D eigenvalue weighted by molar-refractivity contribution is 6.14. The highest BCUT2D eigenvalue weighted by atomic mass is 16.5. The second kappa shape index (κ2) is 6.47. The Balaban J connectivity index is 2.03. The molecule has 1 aromatic heterocycles. The normalized spacial score (nSPS) is 19.4. The lowest BCUT2D eigenvalue weighted by Crippen LogP contribution is -2.47. The summed E-state index contributed by atoms with van der Waals surface area (Å²) in [5, 5.41) is 10.6. The lowest BCUT2D eigenvalue weighted by atomic mass is 9.69. The maximum absolute atomic E-state index is 13.8. The smallest absolute Gasteiger partial charge is 0.345 e. The van der Waals surface area contributed by atoms with Crippen LogP contribution in [0.5, 0.6) is 5.75 Å². The van der Waals surface area contributed by atoms with E-state index in [4.69, 9.17) is 14.9 Å². The summed E-state index contributed by atoms with van der Waals surface area (Å²) in [5.41, 5.74) is 6.81. The summed E-state index contributed by atoms with van der Waals surface area (Å²) < 4.78 is 11.8. The van der Waals surface area contributed by atoms with Gasteiger partial charge in [0.1, 0.15) is 22.8 Å². The molecule has 7 nitrogen and oxygen atoms in total. The van der Waals surface area contributed by atoms with Crippen LogP contribution in [0.2, 0.25) is 0 Å². The summed E-state index contributed by atoms with van der Waals surface area (Å²) in [6.07, 6.45) is 0. The number of likely N-dealkylation sites (N-methyl/N-ethyl adjacent to an activating group) is 1. The molecule has 0 fully saturated rings. The van der Waals surface area contributed by atoms with E-state index in [0.29, 0.717) is 22.2 Å². The number of carbonyl (C=O) groups is 1. The summed E-state index contributed by atoms with van der Waals surface area (Å²) in [7, 11) is 1.61. The predicted molar refractivity (Wildman–Crippen MR) is 119 cm³/mol. The molecule has 5 rings (SSSR count). The van der Waals surface area contributed by atoms with Crippen LogP contribution in [0.4, 0.5) is 5.69 Å². The van der Waals surface area contributed by atoms with Crippen LogP contribution < -0.4 is 21.0 Å². The summed E-state index contributed by atoms with van der Waals surface area (Å²) in [6.45, 7) is 5.87. The Kier molecular flexibility index (Phi) is 4.02. The maximum Gasteiger partial charge on any atom is 0.345 e. The third-order valence-electron chi connectivity index (χ3n) is 6.49. The summed E-state index contributed by atoms with van der Waals surface area (Å²) in [4.78, 5) is 28.8. The molecule has 1 atom stereocenters. The van der Waals surface area contributed by atoms with Gasteiger partial charge in [0.05, 0.1) is 5.39 Å². The Hall–Kier alpha value is -4.05. The molecule has 1 unspecified atom stereocenters. The molecule has 2 aromatic carbocycles. The lowest BCUT2D eigenvalue weighted by Gasteiger charge is -2.33. The highest BCUT2D eigenvalue weighted by Crippen LogP contribution is 2.55. The number of para-hydroxylation sites is 1. The molecule has 1 spiro atoms. The van der Waals surface area contributed by atoms with Crippen LogP contribution in [-0.4, -0.2) is 13.0 Å². The zero-order valence-corrected chi connectivity index (χ0v) is 18.1. The number of aryl methyl sites for hydroxylation is 1. The van der Waals surface area contributed by atoms with Crippen LogP contribution in [0.15, 0.2) is 57.1 Å². The first-order valence-electron chi connectivity index (χ1n) is 10.3.